The number of hydrogen-bond donors (Lipinski definition) is 0. The molecule has 29 heavy (non-hydrogen) atoms. The first-order valence-corrected chi connectivity index (χ1v) is 10.4. The molecule has 1 saturated heterocycles. The average molecular weight is 414 g/mol. The molecule has 0 aromatic carbocycles. The van der Waals surface area contributed by atoms with Gasteiger partial charge in [0, 0.05) is 32.3 Å². The highest BCUT2D eigenvalue weighted by Gasteiger charge is 2.29. The van der Waals surface area contributed by atoms with E-state index in [9.17, 15) is 9.59 Å². The Morgan fingerprint density at radius 3 is 2.97 bits per heavy atom. The lowest BCUT2D eigenvalue weighted by Crippen LogP contribution is -2.44. The summed E-state index contributed by atoms with van der Waals surface area (Å²) < 4.78 is 8.79. The van der Waals surface area contributed by atoms with Crippen LogP contribution in [0.3, 0.4) is 0 Å². The smallest absolute Gasteiger partial charge is 0.350 e. The van der Waals surface area contributed by atoms with Gasteiger partial charge in [-0.15, -0.1) is 16.4 Å². The summed E-state index contributed by atoms with van der Waals surface area (Å²) in [7, 11) is 1.87. The molecule has 1 unspecified atom stereocenters. The highest BCUT2D eigenvalue weighted by Crippen LogP contribution is 2.24. The predicted molar refractivity (Wildman–Crippen MR) is 106 cm³/mol. The molecule has 0 radical (unpaired) electrons. The molecule has 0 bridgehead atoms. The molecule has 3 aromatic rings. The summed E-state index contributed by atoms with van der Waals surface area (Å²) >= 11 is 1.29. The molecule has 152 valence electrons. The van der Waals surface area contributed by atoms with Crippen molar-refractivity contribution in [3.63, 3.8) is 0 Å². The highest BCUT2D eigenvalue weighted by atomic mass is 32.1. The van der Waals surface area contributed by atoms with Crippen molar-refractivity contribution in [3.05, 3.63) is 46.7 Å². The van der Waals surface area contributed by atoms with Gasteiger partial charge in [-0.1, -0.05) is 0 Å². The molecule has 4 rings (SSSR count). The van der Waals surface area contributed by atoms with Crippen molar-refractivity contribution in [1.82, 2.24) is 29.7 Å². The molecule has 0 saturated carbocycles. The normalized spacial score (nSPS) is 16.7. The van der Waals surface area contributed by atoms with Gasteiger partial charge in [-0.2, -0.15) is 4.68 Å². The summed E-state index contributed by atoms with van der Waals surface area (Å²) in [5.74, 6) is -0.366. The van der Waals surface area contributed by atoms with Crippen molar-refractivity contribution in [3.8, 4) is 5.69 Å². The first kappa shape index (κ1) is 19.3. The first-order chi connectivity index (χ1) is 14.1. The molecular formula is C19H22N6O3S. The van der Waals surface area contributed by atoms with E-state index in [-0.39, 0.29) is 18.6 Å². The van der Waals surface area contributed by atoms with Gasteiger partial charge >= 0.3 is 5.97 Å². The zero-order valence-corrected chi connectivity index (χ0v) is 16.9. The maximum absolute atomic E-state index is 12.9. The summed E-state index contributed by atoms with van der Waals surface area (Å²) in [5.41, 5.74) is 1.28. The lowest BCUT2D eigenvalue weighted by Gasteiger charge is -2.35. The number of likely N-dealkylation sites (tertiary alicyclic amines) is 1. The summed E-state index contributed by atoms with van der Waals surface area (Å²) in [5, 5.41) is 12.8. The summed E-state index contributed by atoms with van der Waals surface area (Å²) in [4.78, 5) is 27.8. The van der Waals surface area contributed by atoms with Gasteiger partial charge in [0.25, 0.3) is 5.91 Å². The third kappa shape index (κ3) is 4.07. The first-order valence-electron chi connectivity index (χ1n) is 9.55. The van der Waals surface area contributed by atoms with Crippen LogP contribution in [0.2, 0.25) is 0 Å². The average Bonchev–Trinajstić information content (AvgIpc) is 3.48. The minimum atomic E-state index is -0.401. The topological polar surface area (TPSA) is 95.1 Å². The van der Waals surface area contributed by atoms with Gasteiger partial charge in [-0.3, -0.25) is 4.79 Å². The predicted octanol–water partition coefficient (Wildman–Crippen LogP) is 2.30. The fourth-order valence-electron chi connectivity index (χ4n) is 3.66. The maximum Gasteiger partial charge on any atom is 0.350 e. The molecule has 4 heterocycles. The van der Waals surface area contributed by atoms with Crippen LogP contribution in [0.25, 0.3) is 5.69 Å². The molecule has 9 nitrogen and oxygen atoms in total. The van der Waals surface area contributed by atoms with Crippen LogP contribution >= 0.6 is 11.3 Å². The van der Waals surface area contributed by atoms with Gasteiger partial charge in [0.2, 0.25) is 0 Å². The molecule has 0 spiro atoms. The van der Waals surface area contributed by atoms with Crippen molar-refractivity contribution < 1.29 is 14.3 Å². The lowest BCUT2D eigenvalue weighted by atomic mass is 9.99. The van der Waals surface area contributed by atoms with Crippen molar-refractivity contribution >= 4 is 23.2 Å². The van der Waals surface area contributed by atoms with Crippen LogP contribution in [0.4, 0.5) is 0 Å². The van der Waals surface area contributed by atoms with Crippen LogP contribution in [0.1, 0.15) is 45.8 Å². The lowest BCUT2D eigenvalue weighted by molar-refractivity contribution is 0.0410. The van der Waals surface area contributed by atoms with Crippen molar-refractivity contribution in [2.45, 2.75) is 31.7 Å². The van der Waals surface area contributed by atoms with Crippen LogP contribution in [-0.4, -0.2) is 60.7 Å². The highest BCUT2D eigenvalue weighted by molar-refractivity contribution is 7.12. The Labute approximate surface area is 171 Å². The van der Waals surface area contributed by atoms with Gasteiger partial charge in [-0.25, -0.2) is 4.79 Å². The molecule has 1 aliphatic heterocycles. The standard InChI is InChI=1S/C19H22N6O3S/c1-23-9-4-6-16(23)18(26)24-10-3-2-5-14(24)7-11-28-19(27)17-15(8-12-29-17)25-13-20-21-22-25/h4,6,8-9,12-14H,2-3,5,7,10-11H2,1H3. The largest absolute Gasteiger partial charge is 0.461 e. The Hall–Kier alpha value is -3.01. The molecular weight excluding hydrogens is 392 g/mol. The number of thiophene rings is 1. The Morgan fingerprint density at radius 2 is 2.21 bits per heavy atom. The van der Waals surface area contributed by atoms with Gasteiger partial charge in [0.1, 0.15) is 16.9 Å². The van der Waals surface area contributed by atoms with E-state index < -0.39 is 5.97 Å². The van der Waals surface area contributed by atoms with Crippen molar-refractivity contribution in [1.29, 1.82) is 0 Å². The number of nitrogens with zero attached hydrogens (tertiary/aromatic N) is 6. The minimum Gasteiger partial charge on any atom is -0.461 e. The molecule has 1 aliphatic rings. The quantitative estimate of drug-likeness (QED) is 0.575. The van der Waals surface area contributed by atoms with Gasteiger partial charge in [-0.05, 0) is 53.3 Å². The summed E-state index contributed by atoms with van der Waals surface area (Å²) in [6.45, 7) is 0.990. The number of esters is 1. The Balaban J connectivity index is 1.37. The van der Waals surface area contributed by atoms with Crippen LogP contribution in [0.15, 0.2) is 36.1 Å². The van der Waals surface area contributed by atoms with E-state index in [0.717, 1.165) is 25.8 Å². The molecule has 3 aromatic heterocycles. The second kappa shape index (κ2) is 8.56. The number of aromatic nitrogens is 5. The Morgan fingerprint density at radius 1 is 1.31 bits per heavy atom. The van der Waals surface area contributed by atoms with E-state index >= 15 is 0 Å². The molecule has 1 atom stereocenters. The van der Waals surface area contributed by atoms with Gasteiger partial charge in [0.05, 0.1) is 12.3 Å². The fraction of sp³-hybridized carbons (Fsp3) is 0.421. The number of hydrogen-bond acceptors (Lipinski definition) is 7. The molecule has 0 aliphatic carbocycles. The Kier molecular flexibility index (Phi) is 5.70. The van der Waals surface area contributed by atoms with Crippen LogP contribution in [-0.2, 0) is 11.8 Å². The SMILES string of the molecule is Cn1cccc1C(=O)N1CCCCC1CCOC(=O)c1sccc1-n1cnnn1. The fourth-order valence-corrected chi connectivity index (χ4v) is 4.43. The minimum absolute atomic E-state index is 0.0350. The van der Waals surface area contributed by atoms with E-state index in [4.69, 9.17) is 4.74 Å². The van der Waals surface area contributed by atoms with Crippen molar-refractivity contribution in [2.75, 3.05) is 13.2 Å². The third-order valence-electron chi connectivity index (χ3n) is 5.16. The number of carbonyl (C=O) groups excluding carboxylic acids is 2. The number of rotatable bonds is 6. The molecule has 1 fully saturated rings. The van der Waals surface area contributed by atoms with Crippen LogP contribution in [0, 0.1) is 0 Å². The second-order valence-electron chi connectivity index (χ2n) is 6.97. The second-order valence-corrected chi connectivity index (χ2v) is 7.88. The van der Waals surface area contributed by atoms with Crippen LogP contribution < -0.4 is 0 Å². The van der Waals surface area contributed by atoms with E-state index in [0.29, 0.717) is 22.7 Å². The van der Waals surface area contributed by atoms with E-state index in [1.165, 1.54) is 22.3 Å². The third-order valence-corrected chi connectivity index (χ3v) is 6.04. The number of aryl methyl sites for hydroxylation is 1. The Bertz CT molecular complexity index is 980. The van der Waals surface area contributed by atoms with Crippen molar-refractivity contribution in [2.24, 2.45) is 7.05 Å². The number of amides is 1. The zero-order chi connectivity index (χ0) is 20.2. The van der Waals surface area contributed by atoms with Gasteiger partial charge < -0.3 is 14.2 Å². The summed E-state index contributed by atoms with van der Waals surface area (Å²) in [6.07, 6.45) is 6.92. The van der Waals surface area contributed by atoms with E-state index in [1.807, 2.05) is 34.8 Å². The van der Waals surface area contributed by atoms with Gasteiger partial charge in [0.15, 0.2) is 0 Å². The number of piperidine rings is 1. The van der Waals surface area contributed by atoms with Crippen LogP contribution in [0.5, 0.6) is 0 Å². The number of carbonyl (C=O) groups is 2. The van der Waals surface area contributed by atoms with E-state index in [1.54, 1.807) is 11.4 Å². The monoisotopic (exact) mass is 414 g/mol. The molecule has 0 N–H and O–H groups in total. The zero-order valence-electron chi connectivity index (χ0n) is 16.1. The van der Waals surface area contributed by atoms with E-state index in [2.05, 4.69) is 15.5 Å². The summed E-state index contributed by atoms with van der Waals surface area (Å²) in [6, 6.07) is 5.56. The maximum atomic E-state index is 12.9. The molecule has 1 amide bonds. The molecule has 10 heteroatoms. The number of tetrazole rings is 1. The number of ether oxygens (including phenoxy) is 1.